The minimum Gasteiger partial charge on any atom is -0.377 e. The first-order chi connectivity index (χ1) is 4.72. The maximum Gasteiger partial charge on any atom is 0.112 e. The number of rotatable bonds is 4. The van der Waals surface area contributed by atoms with Crippen LogP contribution in [0.1, 0.15) is 27.2 Å². The van der Waals surface area contributed by atoms with E-state index in [-0.39, 0.29) is 6.73 Å². The topological polar surface area (TPSA) is 32.3 Å². The summed E-state index contributed by atoms with van der Waals surface area (Å²) in [6.45, 7) is 6.41. The largest absolute Gasteiger partial charge is 0.377 e. The van der Waals surface area contributed by atoms with Gasteiger partial charge in [-0.1, -0.05) is 19.4 Å². The minimum absolute atomic E-state index is 0.0216. The lowest BCUT2D eigenvalue weighted by Gasteiger charge is -2.08. The van der Waals surface area contributed by atoms with Crippen LogP contribution in [0.3, 0.4) is 0 Å². The second-order valence-corrected chi connectivity index (χ2v) is 2.56. The molecule has 0 spiro atoms. The Bertz CT molecular complexity index is 110. The van der Waals surface area contributed by atoms with Gasteiger partial charge in [0.1, 0.15) is 6.73 Å². The first kappa shape index (κ1) is 9.50. The van der Waals surface area contributed by atoms with Crippen molar-refractivity contribution in [2.45, 2.75) is 27.2 Å². The Balaban J connectivity index is 3.67. The quantitative estimate of drug-likeness (QED) is 0.584. The third-order valence-corrected chi connectivity index (χ3v) is 1.81. The van der Waals surface area contributed by atoms with Crippen molar-refractivity contribution in [1.29, 1.82) is 0 Å². The van der Waals surface area contributed by atoms with E-state index < -0.39 is 0 Å². The summed E-state index contributed by atoms with van der Waals surface area (Å²) in [5.41, 5.74) is 1.29. The molecule has 0 aromatic carbocycles. The molecule has 0 aliphatic carbocycles. The van der Waals surface area contributed by atoms with Gasteiger partial charge >= 0.3 is 0 Å². The normalized spacial score (nSPS) is 15.0. The van der Waals surface area contributed by atoms with Crippen LogP contribution in [-0.4, -0.2) is 11.8 Å². The minimum atomic E-state index is 0.0216. The molecule has 0 aliphatic heterocycles. The van der Waals surface area contributed by atoms with Crippen LogP contribution >= 0.6 is 0 Å². The van der Waals surface area contributed by atoms with E-state index in [4.69, 9.17) is 5.11 Å². The zero-order valence-electron chi connectivity index (χ0n) is 7.02. The van der Waals surface area contributed by atoms with Gasteiger partial charge in [0.15, 0.2) is 0 Å². The Morgan fingerprint density at radius 1 is 1.70 bits per heavy atom. The Morgan fingerprint density at radius 3 is 2.70 bits per heavy atom. The number of nitrogens with one attached hydrogen (secondary N) is 1. The van der Waals surface area contributed by atoms with E-state index in [2.05, 4.69) is 26.1 Å². The van der Waals surface area contributed by atoms with Crippen LogP contribution in [0.15, 0.2) is 11.8 Å². The van der Waals surface area contributed by atoms with Crippen molar-refractivity contribution in [3.05, 3.63) is 11.8 Å². The Labute approximate surface area is 62.9 Å². The molecule has 10 heavy (non-hydrogen) atoms. The van der Waals surface area contributed by atoms with Crippen molar-refractivity contribution in [3.63, 3.8) is 0 Å². The van der Waals surface area contributed by atoms with Crippen molar-refractivity contribution < 1.29 is 5.11 Å². The monoisotopic (exact) mass is 143 g/mol. The summed E-state index contributed by atoms with van der Waals surface area (Å²) in [6, 6.07) is 0. The second-order valence-electron chi connectivity index (χ2n) is 2.56. The third kappa shape index (κ3) is 3.51. The molecule has 0 radical (unpaired) electrons. The van der Waals surface area contributed by atoms with Gasteiger partial charge in [-0.15, -0.1) is 0 Å². The van der Waals surface area contributed by atoms with Gasteiger partial charge in [0, 0.05) is 0 Å². The first-order valence-electron chi connectivity index (χ1n) is 3.73. The molecular formula is C8H17NO. The lowest BCUT2D eigenvalue weighted by molar-refractivity contribution is 0.279. The molecular weight excluding hydrogens is 126 g/mol. The summed E-state index contributed by atoms with van der Waals surface area (Å²) in [4.78, 5) is 0. The average molecular weight is 143 g/mol. The summed E-state index contributed by atoms with van der Waals surface area (Å²) >= 11 is 0. The van der Waals surface area contributed by atoms with Crippen LogP contribution < -0.4 is 5.32 Å². The summed E-state index contributed by atoms with van der Waals surface area (Å²) in [5, 5.41) is 11.2. The van der Waals surface area contributed by atoms with E-state index in [1.165, 1.54) is 5.57 Å². The van der Waals surface area contributed by atoms with Gasteiger partial charge in [-0.05, 0) is 25.5 Å². The van der Waals surface area contributed by atoms with Gasteiger partial charge in [-0.3, -0.25) is 0 Å². The molecule has 0 aliphatic rings. The van der Waals surface area contributed by atoms with E-state index in [0.717, 1.165) is 6.42 Å². The third-order valence-electron chi connectivity index (χ3n) is 1.81. The standard InChI is InChI=1S/C8H17NO/c1-4-7(2)8(3)5-9-6-10/h5,7,9-10H,4,6H2,1-3H3/b8-5+. The van der Waals surface area contributed by atoms with Gasteiger partial charge in [0.2, 0.25) is 0 Å². The molecule has 1 atom stereocenters. The number of hydrogen-bond donors (Lipinski definition) is 2. The molecule has 0 rings (SSSR count). The zero-order valence-corrected chi connectivity index (χ0v) is 7.02. The van der Waals surface area contributed by atoms with E-state index in [0.29, 0.717) is 5.92 Å². The van der Waals surface area contributed by atoms with Crippen LogP contribution in [0.4, 0.5) is 0 Å². The van der Waals surface area contributed by atoms with Gasteiger partial charge in [0.25, 0.3) is 0 Å². The molecule has 1 unspecified atom stereocenters. The molecule has 0 aromatic heterocycles. The molecule has 0 aromatic rings. The van der Waals surface area contributed by atoms with E-state index in [1.54, 1.807) is 0 Å². The lowest BCUT2D eigenvalue weighted by atomic mass is 10.0. The van der Waals surface area contributed by atoms with Crippen LogP contribution in [0.5, 0.6) is 0 Å². The molecule has 2 nitrogen and oxygen atoms in total. The molecule has 0 bridgehead atoms. The van der Waals surface area contributed by atoms with Crippen molar-refractivity contribution >= 4 is 0 Å². The number of allylic oxidation sites excluding steroid dienone is 1. The van der Waals surface area contributed by atoms with Crippen molar-refractivity contribution in [2.24, 2.45) is 5.92 Å². The molecule has 0 fully saturated rings. The van der Waals surface area contributed by atoms with Gasteiger partial charge in [0.05, 0.1) is 0 Å². The fourth-order valence-corrected chi connectivity index (χ4v) is 0.671. The van der Waals surface area contributed by atoms with Crippen molar-refractivity contribution in [3.8, 4) is 0 Å². The Hall–Kier alpha value is -0.500. The molecule has 0 saturated heterocycles. The highest BCUT2D eigenvalue weighted by Gasteiger charge is 1.98. The number of aliphatic hydroxyl groups is 1. The maximum atomic E-state index is 8.41. The zero-order chi connectivity index (χ0) is 7.98. The highest BCUT2D eigenvalue weighted by atomic mass is 16.3. The van der Waals surface area contributed by atoms with Crippen molar-refractivity contribution in [1.82, 2.24) is 5.32 Å². The number of aliphatic hydroxyl groups excluding tert-OH is 1. The highest BCUT2D eigenvalue weighted by molar-refractivity contribution is 4.99. The van der Waals surface area contributed by atoms with Crippen LogP contribution in [0, 0.1) is 5.92 Å². The maximum absolute atomic E-state index is 8.41. The highest BCUT2D eigenvalue weighted by Crippen LogP contribution is 2.11. The van der Waals surface area contributed by atoms with Crippen LogP contribution in [0.25, 0.3) is 0 Å². The number of hydrogen-bond acceptors (Lipinski definition) is 2. The van der Waals surface area contributed by atoms with Gasteiger partial charge < -0.3 is 10.4 Å². The van der Waals surface area contributed by atoms with E-state index in [1.807, 2.05) is 6.20 Å². The molecule has 2 heteroatoms. The van der Waals surface area contributed by atoms with Crippen molar-refractivity contribution in [2.75, 3.05) is 6.73 Å². The summed E-state index contributed by atoms with van der Waals surface area (Å²) < 4.78 is 0. The SMILES string of the molecule is CCC(C)/C(C)=C/NCO. The first-order valence-corrected chi connectivity index (χ1v) is 3.73. The Kier molecular flexibility index (Phi) is 5.03. The van der Waals surface area contributed by atoms with Crippen LogP contribution in [0.2, 0.25) is 0 Å². The molecule has 2 N–H and O–H groups in total. The smallest absolute Gasteiger partial charge is 0.112 e. The molecule has 0 amide bonds. The fourth-order valence-electron chi connectivity index (χ4n) is 0.671. The lowest BCUT2D eigenvalue weighted by Crippen LogP contribution is -2.08. The predicted molar refractivity (Wildman–Crippen MR) is 43.4 cm³/mol. The Morgan fingerprint density at radius 2 is 2.30 bits per heavy atom. The molecule has 0 saturated carbocycles. The van der Waals surface area contributed by atoms with E-state index in [9.17, 15) is 0 Å². The average Bonchev–Trinajstić information content (AvgIpc) is 1.98. The van der Waals surface area contributed by atoms with Gasteiger partial charge in [-0.2, -0.15) is 0 Å². The summed E-state index contributed by atoms with van der Waals surface area (Å²) in [7, 11) is 0. The van der Waals surface area contributed by atoms with Gasteiger partial charge in [-0.25, -0.2) is 0 Å². The van der Waals surface area contributed by atoms with Crippen LogP contribution in [-0.2, 0) is 0 Å². The predicted octanol–water partition coefficient (Wildman–Crippen LogP) is 1.48. The molecule has 0 heterocycles. The second kappa shape index (κ2) is 5.30. The molecule has 60 valence electrons. The summed E-state index contributed by atoms with van der Waals surface area (Å²) in [6.07, 6.45) is 3.02. The van der Waals surface area contributed by atoms with E-state index >= 15 is 0 Å². The fraction of sp³-hybridized carbons (Fsp3) is 0.750. The summed E-state index contributed by atoms with van der Waals surface area (Å²) in [5.74, 6) is 0.610.